The Morgan fingerprint density at radius 3 is 2.75 bits per heavy atom. The van der Waals surface area contributed by atoms with E-state index >= 15 is 0 Å². The van der Waals surface area contributed by atoms with Gasteiger partial charge in [0.05, 0.1) is 38.2 Å². The Morgan fingerprint density at radius 1 is 1.21 bits per heavy atom. The highest BCUT2D eigenvalue weighted by Crippen LogP contribution is 2.24. The predicted octanol–water partition coefficient (Wildman–Crippen LogP) is 1.65. The number of quaternary nitrogens is 1. The van der Waals surface area contributed by atoms with Gasteiger partial charge in [-0.25, -0.2) is 4.98 Å². The van der Waals surface area contributed by atoms with Crippen LogP contribution < -0.4 is 4.90 Å². The monoisotopic (exact) mass is 324 g/mol. The van der Waals surface area contributed by atoms with Crippen LogP contribution in [0, 0.1) is 6.92 Å². The number of aryl methyl sites for hydroxylation is 1. The Balaban J connectivity index is 1.64. The Labute approximate surface area is 140 Å². The molecule has 124 valence electrons. The Hall–Kier alpha value is -2.40. The fourth-order valence-corrected chi connectivity index (χ4v) is 3.38. The van der Waals surface area contributed by atoms with Gasteiger partial charge in [0.15, 0.2) is 5.76 Å². The van der Waals surface area contributed by atoms with E-state index in [0.717, 1.165) is 54.6 Å². The van der Waals surface area contributed by atoms with Crippen LogP contribution >= 0.6 is 0 Å². The van der Waals surface area contributed by atoms with Gasteiger partial charge in [0.1, 0.15) is 0 Å². The third-order valence-electron chi connectivity index (χ3n) is 4.93. The van der Waals surface area contributed by atoms with E-state index in [9.17, 15) is 4.79 Å². The molecule has 3 heterocycles. The summed E-state index contributed by atoms with van der Waals surface area (Å²) in [7, 11) is 0. The average molecular weight is 324 g/mol. The summed E-state index contributed by atoms with van der Waals surface area (Å²) in [5.41, 5.74) is 2.60. The topological polar surface area (TPSA) is 50.8 Å². The van der Waals surface area contributed by atoms with Crippen molar-refractivity contribution in [3.05, 3.63) is 41.7 Å². The molecular formula is C19H22N3O2+. The first-order valence-electron chi connectivity index (χ1n) is 8.58. The minimum atomic E-state index is -0.0246. The summed E-state index contributed by atoms with van der Waals surface area (Å²) in [6, 6.07) is 10.0. The maximum atomic E-state index is 12.7. The van der Waals surface area contributed by atoms with Crippen LogP contribution in [0.1, 0.15) is 23.0 Å². The van der Waals surface area contributed by atoms with Gasteiger partial charge in [-0.05, 0) is 37.6 Å². The van der Waals surface area contributed by atoms with E-state index in [4.69, 9.17) is 4.42 Å². The number of likely N-dealkylation sites (N-methyl/N-ethyl adjacent to an activating group) is 1. The van der Waals surface area contributed by atoms with Gasteiger partial charge in [-0.2, -0.15) is 0 Å². The minimum absolute atomic E-state index is 0.0246. The molecule has 4 rings (SSSR count). The lowest BCUT2D eigenvalue weighted by Gasteiger charge is -2.30. The maximum Gasteiger partial charge on any atom is 0.290 e. The molecule has 0 saturated carbocycles. The molecular weight excluding hydrogens is 302 g/mol. The normalized spacial score (nSPS) is 16.2. The molecule has 1 aliphatic rings. The van der Waals surface area contributed by atoms with Crippen molar-refractivity contribution in [1.82, 2.24) is 9.88 Å². The number of hydrogen-bond donors (Lipinski definition) is 1. The molecule has 0 spiro atoms. The number of piperazine rings is 1. The van der Waals surface area contributed by atoms with Gasteiger partial charge in [-0.1, -0.05) is 12.1 Å². The lowest BCUT2D eigenvalue weighted by atomic mass is 10.1. The van der Waals surface area contributed by atoms with Crippen LogP contribution in [0.5, 0.6) is 0 Å². The molecule has 0 aliphatic carbocycles. The number of pyridine rings is 1. The second-order valence-corrected chi connectivity index (χ2v) is 6.59. The first-order chi connectivity index (χ1) is 11.6. The summed E-state index contributed by atoms with van der Waals surface area (Å²) in [6.07, 6.45) is 0. The molecule has 5 heteroatoms. The first kappa shape index (κ1) is 15.1. The van der Waals surface area contributed by atoms with Crippen molar-refractivity contribution in [1.29, 1.82) is 0 Å². The molecule has 1 aliphatic heterocycles. The van der Waals surface area contributed by atoms with Crippen LogP contribution in [0.2, 0.25) is 0 Å². The van der Waals surface area contributed by atoms with Crippen molar-refractivity contribution in [3.8, 4) is 0 Å². The van der Waals surface area contributed by atoms with E-state index in [2.05, 4.69) is 24.0 Å². The van der Waals surface area contributed by atoms with Crippen LogP contribution in [0.25, 0.3) is 22.0 Å². The number of furan rings is 1. The van der Waals surface area contributed by atoms with Gasteiger partial charge in [0, 0.05) is 10.8 Å². The highest BCUT2D eigenvalue weighted by molar-refractivity contribution is 5.98. The summed E-state index contributed by atoms with van der Waals surface area (Å²) in [6.45, 7) is 8.92. The van der Waals surface area contributed by atoms with Crippen molar-refractivity contribution in [2.75, 3.05) is 32.7 Å². The minimum Gasteiger partial charge on any atom is -0.433 e. The van der Waals surface area contributed by atoms with E-state index < -0.39 is 0 Å². The SMILES string of the molecule is CC[NH+]1CCN(C(=O)c2cc3cc4ccc(C)cc4nc3o2)CC1. The fourth-order valence-electron chi connectivity index (χ4n) is 3.38. The molecule has 0 radical (unpaired) electrons. The molecule has 1 aromatic carbocycles. The summed E-state index contributed by atoms with van der Waals surface area (Å²) in [4.78, 5) is 20.7. The second kappa shape index (κ2) is 5.91. The van der Waals surface area contributed by atoms with Crippen molar-refractivity contribution < 1.29 is 14.1 Å². The maximum absolute atomic E-state index is 12.7. The zero-order chi connectivity index (χ0) is 16.7. The standard InChI is InChI=1S/C19H21N3O2/c1-3-21-6-8-22(9-7-21)19(23)17-12-15-11-14-5-4-13(2)10-16(14)20-18(15)24-17/h4-5,10-12H,3,6-9H2,1-2H3/p+1. The number of aromatic nitrogens is 1. The third-order valence-corrected chi connectivity index (χ3v) is 4.93. The van der Waals surface area contributed by atoms with Gasteiger partial charge >= 0.3 is 0 Å². The molecule has 24 heavy (non-hydrogen) atoms. The van der Waals surface area contributed by atoms with Crippen molar-refractivity contribution in [3.63, 3.8) is 0 Å². The largest absolute Gasteiger partial charge is 0.433 e. The summed E-state index contributed by atoms with van der Waals surface area (Å²) < 4.78 is 5.78. The van der Waals surface area contributed by atoms with Gasteiger partial charge in [0.2, 0.25) is 5.71 Å². The number of nitrogens with one attached hydrogen (secondary N) is 1. The van der Waals surface area contributed by atoms with Gasteiger partial charge in [-0.15, -0.1) is 0 Å². The van der Waals surface area contributed by atoms with Crippen LogP contribution in [0.3, 0.4) is 0 Å². The highest BCUT2D eigenvalue weighted by Gasteiger charge is 2.26. The zero-order valence-electron chi connectivity index (χ0n) is 14.1. The van der Waals surface area contributed by atoms with Crippen LogP contribution in [-0.2, 0) is 0 Å². The Bertz CT molecular complexity index is 908. The lowest BCUT2D eigenvalue weighted by Crippen LogP contribution is -3.14. The highest BCUT2D eigenvalue weighted by atomic mass is 16.4. The number of rotatable bonds is 2. The van der Waals surface area contributed by atoms with Crippen molar-refractivity contribution >= 4 is 27.9 Å². The zero-order valence-corrected chi connectivity index (χ0v) is 14.1. The van der Waals surface area contributed by atoms with Crippen molar-refractivity contribution in [2.45, 2.75) is 13.8 Å². The average Bonchev–Trinajstić information content (AvgIpc) is 3.02. The molecule has 3 aromatic rings. The number of amides is 1. The number of carbonyl (C=O) groups is 1. The number of benzene rings is 1. The molecule has 1 fully saturated rings. The number of carbonyl (C=O) groups excluding carboxylic acids is 1. The summed E-state index contributed by atoms with van der Waals surface area (Å²) in [5, 5.41) is 1.94. The number of hydrogen-bond acceptors (Lipinski definition) is 3. The molecule has 1 saturated heterocycles. The lowest BCUT2D eigenvalue weighted by molar-refractivity contribution is -0.902. The molecule has 1 N–H and O–H groups in total. The third kappa shape index (κ3) is 2.65. The smallest absolute Gasteiger partial charge is 0.290 e. The fraction of sp³-hybridized carbons (Fsp3) is 0.368. The Morgan fingerprint density at radius 2 is 2.00 bits per heavy atom. The van der Waals surface area contributed by atoms with Gasteiger partial charge < -0.3 is 14.2 Å². The number of nitrogens with zero attached hydrogens (tertiary/aromatic N) is 2. The van der Waals surface area contributed by atoms with E-state index in [0.29, 0.717) is 11.5 Å². The molecule has 2 aromatic heterocycles. The predicted molar refractivity (Wildman–Crippen MR) is 93.4 cm³/mol. The van der Waals surface area contributed by atoms with E-state index in [1.165, 1.54) is 0 Å². The first-order valence-corrected chi connectivity index (χ1v) is 8.58. The van der Waals surface area contributed by atoms with Gasteiger partial charge in [0.25, 0.3) is 5.91 Å². The van der Waals surface area contributed by atoms with Crippen molar-refractivity contribution in [2.24, 2.45) is 0 Å². The Kier molecular flexibility index (Phi) is 3.73. The molecule has 0 unspecified atom stereocenters. The van der Waals surface area contributed by atoms with Gasteiger partial charge in [-0.3, -0.25) is 4.79 Å². The molecule has 5 nitrogen and oxygen atoms in total. The quantitative estimate of drug-likeness (QED) is 0.780. The second-order valence-electron chi connectivity index (χ2n) is 6.59. The van der Waals surface area contributed by atoms with E-state index in [1.54, 1.807) is 4.90 Å². The van der Waals surface area contributed by atoms with Crippen LogP contribution in [0.15, 0.2) is 34.7 Å². The van der Waals surface area contributed by atoms with E-state index in [1.807, 2.05) is 30.0 Å². The summed E-state index contributed by atoms with van der Waals surface area (Å²) >= 11 is 0. The van der Waals surface area contributed by atoms with Crippen LogP contribution in [-0.4, -0.2) is 48.5 Å². The molecule has 0 bridgehead atoms. The summed E-state index contributed by atoms with van der Waals surface area (Å²) in [5.74, 6) is 0.368. The number of fused-ring (bicyclic) bond motifs is 2. The molecule has 1 amide bonds. The molecule has 0 atom stereocenters. The van der Waals surface area contributed by atoms with Crippen LogP contribution in [0.4, 0.5) is 0 Å². The van der Waals surface area contributed by atoms with E-state index in [-0.39, 0.29) is 5.91 Å².